The molecule has 1 aromatic heterocycles. The summed E-state index contributed by atoms with van der Waals surface area (Å²) in [5, 5.41) is 3.25. The van der Waals surface area contributed by atoms with Crippen LogP contribution in [0.15, 0.2) is 24.4 Å². The first kappa shape index (κ1) is 15.6. The molecule has 0 aromatic carbocycles. The summed E-state index contributed by atoms with van der Waals surface area (Å²) < 4.78 is 14.3. The number of hydrogen-bond acceptors (Lipinski definition) is 3. The maximum Gasteiger partial charge on any atom is 0.170 e. The van der Waals surface area contributed by atoms with Gasteiger partial charge in [0.1, 0.15) is 0 Å². The zero-order valence-corrected chi connectivity index (χ0v) is 12.3. The Morgan fingerprint density at radius 3 is 2.79 bits per heavy atom. The van der Waals surface area contributed by atoms with Crippen LogP contribution in [0, 0.1) is 11.7 Å². The molecule has 0 aliphatic rings. The average Bonchev–Trinajstić information content (AvgIpc) is 2.29. The number of rotatable bonds is 7. The van der Waals surface area contributed by atoms with Gasteiger partial charge in [-0.05, 0) is 25.5 Å². The van der Waals surface area contributed by atoms with Crippen LogP contribution in [0.2, 0.25) is 0 Å². The second-order valence-electron chi connectivity index (χ2n) is 5.45. The summed E-state index contributed by atoms with van der Waals surface area (Å²) >= 11 is 0. The highest BCUT2D eigenvalue weighted by Crippen LogP contribution is 2.19. The third-order valence-electron chi connectivity index (χ3n) is 2.69. The largest absolute Gasteiger partial charge is 0.353 e. The highest BCUT2D eigenvalue weighted by molar-refractivity contribution is 5.43. The van der Waals surface area contributed by atoms with E-state index in [1.165, 1.54) is 0 Å². The number of likely N-dealkylation sites (N-methyl/N-ethyl adjacent to an activating group) is 1. The van der Waals surface area contributed by atoms with Crippen LogP contribution in [-0.2, 0) is 6.54 Å². The lowest BCUT2D eigenvalue weighted by Gasteiger charge is -2.20. The van der Waals surface area contributed by atoms with Gasteiger partial charge >= 0.3 is 0 Å². The van der Waals surface area contributed by atoms with Gasteiger partial charge in [-0.1, -0.05) is 26.0 Å². The maximum atomic E-state index is 14.3. The van der Waals surface area contributed by atoms with Gasteiger partial charge < -0.3 is 10.2 Å². The summed E-state index contributed by atoms with van der Waals surface area (Å²) in [5.74, 6) is 0.685. The molecule has 4 heteroatoms. The number of hydrogen-bond donors (Lipinski definition) is 1. The Labute approximate surface area is 115 Å². The van der Waals surface area contributed by atoms with Crippen LogP contribution < -0.4 is 10.2 Å². The number of halogens is 1. The van der Waals surface area contributed by atoms with Crippen LogP contribution in [-0.4, -0.2) is 25.1 Å². The van der Waals surface area contributed by atoms with Crippen molar-refractivity contribution >= 4 is 5.82 Å². The zero-order chi connectivity index (χ0) is 14.4. The minimum atomic E-state index is -0.248. The van der Waals surface area contributed by atoms with Crippen molar-refractivity contribution in [2.45, 2.75) is 27.3 Å². The molecule has 0 aliphatic carbocycles. The van der Waals surface area contributed by atoms with Crippen LogP contribution in [0.5, 0.6) is 0 Å². The molecule has 1 aromatic rings. The molecule has 19 heavy (non-hydrogen) atoms. The molecule has 0 saturated heterocycles. The lowest BCUT2D eigenvalue weighted by Crippen LogP contribution is -2.24. The Balaban J connectivity index is 2.77. The van der Waals surface area contributed by atoms with E-state index in [9.17, 15) is 4.39 Å². The second-order valence-corrected chi connectivity index (χ2v) is 5.45. The van der Waals surface area contributed by atoms with Gasteiger partial charge in [0.05, 0.1) is 0 Å². The van der Waals surface area contributed by atoms with Gasteiger partial charge in [0.25, 0.3) is 0 Å². The topological polar surface area (TPSA) is 28.2 Å². The van der Waals surface area contributed by atoms with Gasteiger partial charge in [-0.15, -0.1) is 0 Å². The fraction of sp³-hybridized carbons (Fsp3) is 0.533. The molecular formula is C15H24FN3. The van der Waals surface area contributed by atoms with Gasteiger partial charge in [0, 0.05) is 31.9 Å². The fourth-order valence-electron chi connectivity index (χ4n) is 1.85. The maximum absolute atomic E-state index is 14.3. The summed E-state index contributed by atoms with van der Waals surface area (Å²) in [6, 6.07) is 1.72. The summed E-state index contributed by atoms with van der Waals surface area (Å²) in [6.45, 7) is 12.0. The monoisotopic (exact) mass is 265 g/mol. The molecule has 0 saturated carbocycles. The first-order valence-electron chi connectivity index (χ1n) is 6.61. The van der Waals surface area contributed by atoms with Crippen molar-refractivity contribution in [2.24, 2.45) is 5.92 Å². The number of anilines is 1. The predicted molar refractivity (Wildman–Crippen MR) is 78.8 cm³/mol. The Bertz CT molecular complexity index is 429. The molecule has 0 unspecified atom stereocenters. The first-order valence-corrected chi connectivity index (χ1v) is 6.61. The number of nitrogens with zero attached hydrogens (tertiary/aromatic N) is 2. The van der Waals surface area contributed by atoms with E-state index in [1.54, 1.807) is 17.2 Å². The molecule has 3 nitrogen and oxygen atoms in total. The van der Waals surface area contributed by atoms with Crippen LogP contribution in [0.1, 0.15) is 26.3 Å². The lowest BCUT2D eigenvalue weighted by molar-refractivity contribution is 0.533. The zero-order valence-electron chi connectivity index (χ0n) is 12.3. The molecule has 0 amide bonds. The molecule has 0 spiro atoms. The van der Waals surface area contributed by atoms with E-state index in [-0.39, 0.29) is 5.82 Å². The molecule has 1 N–H and O–H groups in total. The molecular weight excluding hydrogens is 241 g/mol. The summed E-state index contributed by atoms with van der Waals surface area (Å²) in [5.41, 5.74) is 1.63. The Morgan fingerprint density at radius 2 is 2.21 bits per heavy atom. The molecule has 0 atom stereocenters. The Hall–Kier alpha value is -1.42. The van der Waals surface area contributed by atoms with E-state index in [0.29, 0.717) is 30.4 Å². The minimum Gasteiger partial charge on any atom is -0.353 e. The molecule has 0 aliphatic heterocycles. The van der Waals surface area contributed by atoms with Crippen molar-refractivity contribution in [3.05, 3.63) is 35.8 Å². The molecule has 0 fully saturated rings. The molecule has 0 radical (unpaired) electrons. The van der Waals surface area contributed by atoms with Gasteiger partial charge in [0.2, 0.25) is 0 Å². The number of nitrogens with one attached hydrogen (secondary N) is 1. The highest BCUT2D eigenvalue weighted by Gasteiger charge is 2.13. The van der Waals surface area contributed by atoms with E-state index >= 15 is 0 Å². The standard InChI is InChI=1S/C15H24FN3/c1-11(2)8-17-9-13-6-7-18-15(14(13)16)19(5)10-12(3)4/h6-7,11,17H,3,8-10H2,1-2,4-5H3. The van der Waals surface area contributed by atoms with Gasteiger partial charge in [-0.3, -0.25) is 0 Å². The lowest BCUT2D eigenvalue weighted by atomic mass is 10.2. The number of pyridine rings is 1. The summed E-state index contributed by atoms with van der Waals surface area (Å²) in [6.07, 6.45) is 1.65. The second kappa shape index (κ2) is 7.24. The summed E-state index contributed by atoms with van der Waals surface area (Å²) in [7, 11) is 1.82. The first-order chi connectivity index (χ1) is 8.91. The summed E-state index contributed by atoms with van der Waals surface area (Å²) in [4.78, 5) is 5.90. The van der Waals surface area contributed by atoms with E-state index in [2.05, 4.69) is 30.7 Å². The average molecular weight is 265 g/mol. The van der Waals surface area contributed by atoms with E-state index in [4.69, 9.17) is 0 Å². The fourth-order valence-corrected chi connectivity index (χ4v) is 1.85. The van der Waals surface area contributed by atoms with Crippen molar-refractivity contribution in [1.29, 1.82) is 0 Å². The molecule has 106 valence electrons. The predicted octanol–water partition coefficient (Wildman–Crippen LogP) is 2.98. The van der Waals surface area contributed by atoms with Crippen LogP contribution >= 0.6 is 0 Å². The van der Waals surface area contributed by atoms with E-state index < -0.39 is 0 Å². The van der Waals surface area contributed by atoms with E-state index in [1.807, 2.05) is 14.0 Å². The van der Waals surface area contributed by atoms with Crippen molar-refractivity contribution in [2.75, 3.05) is 25.0 Å². The molecule has 1 rings (SSSR count). The highest BCUT2D eigenvalue weighted by atomic mass is 19.1. The van der Waals surface area contributed by atoms with Gasteiger partial charge in [-0.25, -0.2) is 9.37 Å². The van der Waals surface area contributed by atoms with Crippen LogP contribution in [0.25, 0.3) is 0 Å². The van der Waals surface area contributed by atoms with Gasteiger partial charge in [-0.2, -0.15) is 0 Å². The normalized spacial score (nSPS) is 10.8. The van der Waals surface area contributed by atoms with Gasteiger partial charge in [0.15, 0.2) is 11.6 Å². The van der Waals surface area contributed by atoms with Crippen molar-refractivity contribution in [1.82, 2.24) is 10.3 Å². The van der Waals surface area contributed by atoms with Crippen molar-refractivity contribution in [3.63, 3.8) is 0 Å². The Morgan fingerprint density at radius 1 is 1.53 bits per heavy atom. The van der Waals surface area contributed by atoms with Crippen LogP contribution in [0.4, 0.5) is 10.2 Å². The molecule has 1 heterocycles. The molecule has 0 bridgehead atoms. The smallest absolute Gasteiger partial charge is 0.170 e. The van der Waals surface area contributed by atoms with Crippen molar-refractivity contribution in [3.8, 4) is 0 Å². The third-order valence-corrected chi connectivity index (χ3v) is 2.69. The number of aromatic nitrogens is 1. The van der Waals surface area contributed by atoms with E-state index in [0.717, 1.165) is 12.1 Å². The minimum absolute atomic E-state index is 0.248. The quantitative estimate of drug-likeness (QED) is 0.768. The van der Waals surface area contributed by atoms with Crippen LogP contribution in [0.3, 0.4) is 0 Å². The third kappa shape index (κ3) is 4.99. The Kier molecular flexibility index (Phi) is 5.96. The van der Waals surface area contributed by atoms with Crippen molar-refractivity contribution < 1.29 is 4.39 Å². The SMILES string of the molecule is C=C(C)CN(C)c1nccc(CNCC(C)C)c1F.